The Bertz CT molecular complexity index is 471. The second kappa shape index (κ2) is 36.0. The molecule has 254 valence electrons. The normalized spacial score (nSPS) is 12.0. The average molecular weight is 628 g/mol. The van der Waals surface area contributed by atoms with Crippen LogP contribution in [-0.4, -0.2) is 7.38 Å². The fourth-order valence-corrected chi connectivity index (χ4v) is 8.12. The molecule has 0 unspecified atom stereocenters. The van der Waals surface area contributed by atoms with Crippen molar-refractivity contribution < 1.29 is 0 Å². The zero-order valence-electron chi connectivity index (χ0n) is 30.0. The van der Waals surface area contributed by atoms with Gasteiger partial charge in [0.1, 0.15) is 7.38 Å². The van der Waals surface area contributed by atoms with Gasteiger partial charge in [-0.3, -0.25) is 0 Å². The van der Waals surface area contributed by atoms with E-state index in [-0.39, 0.29) is 0 Å². The van der Waals surface area contributed by atoms with Crippen LogP contribution < -0.4 is 0 Å². The number of rotatable bonds is 37. The topological polar surface area (TPSA) is 0 Å². The second-order valence-electron chi connectivity index (χ2n) is 14.8. The highest BCUT2D eigenvalue weighted by molar-refractivity contribution is 7.19. The molecule has 0 rings (SSSR count). The molecule has 0 aliphatic heterocycles. The standard InChI is InChI=1S/C40H83ClSi/c1-4-5-6-7-8-9-10-11-12-13-14-15-16-17-18-19-20-21-22-23-24-25-26-27-28-29-30-31-32-33-34-35-36-37-38-39-40-42(2,3)41/h4-40H2,1-3H3. The Morgan fingerprint density at radius 2 is 0.405 bits per heavy atom. The Morgan fingerprint density at radius 1 is 0.262 bits per heavy atom. The fraction of sp³-hybridized carbons (Fsp3) is 1.00. The van der Waals surface area contributed by atoms with Gasteiger partial charge in [-0.25, -0.2) is 0 Å². The van der Waals surface area contributed by atoms with Gasteiger partial charge < -0.3 is 0 Å². The van der Waals surface area contributed by atoms with Crippen LogP contribution in [0.3, 0.4) is 0 Å². The molecule has 0 heterocycles. The van der Waals surface area contributed by atoms with Crippen molar-refractivity contribution in [3.8, 4) is 0 Å². The van der Waals surface area contributed by atoms with Crippen LogP contribution in [0, 0.1) is 0 Å². The lowest BCUT2D eigenvalue weighted by atomic mass is 10.0. The molecule has 0 N–H and O–H groups in total. The molecule has 0 aromatic rings. The predicted octanol–water partition coefficient (Wildman–Crippen LogP) is 16.5. The Morgan fingerprint density at radius 3 is 0.548 bits per heavy atom. The molecule has 0 aliphatic rings. The van der Waals surface area contributed by atoms with Crippen molar-refractivity contribution in [1.29, 1.82) is 0 Å². The third kappa shape index (κ3) is 40.5. The maximum Gasteiger partial charge on any atom is 0.150 e. The minimum atomic E-state index is -1.31. The van der Waals surface area contributed by atoms with Gasteiger partial charge in [-0.05, 0) is 6.04 Å². The van der Waals surface area contributed by atoms with E-state index in [9.17, 15) is 0 Å². The molecule has 0 amide bonds. The van der Waals surface area contributed by atoms with E-state index < -0.39 is 7.38 Å². The van der Waals surface area contributed by atoms with Gasteiger partial charge >= 0.3 is 0 Å². The van der Waals surface area contributed by atoms with Crippen molar-refractivity contribution in [2.24, 2.45) is 0 Å². The number of unbranched alkanes of at least 4 members (excludes halogenated alkanes) is 35. The highest BCUT2D eigenvalue weighted by Crippen LogP contribution is 2.20. The number of halogens is 1. The zero-order chi connectivity index (χ0) is 30.7. The van der Waals surface area contributed by atoms with Gasteiger partial charge in [0.25, 0.3) is 0 Å². The summed E-state index contributed by atoms with van der Waals surface area (Å²) in [7, 11) is -1.31. The molecular formula is C40H83ClSi. The molecule has 42 heavy (non-hydrogen) atoms. The smallest absolute Gasteiger partial charge is 0.150 e. The van der Waals surface area contributed by atoms with Crippen molar-refractivity contribution in [2.75, 3.05) is 0 Å². The van der Waals surface area contributed by atoms with Gasteiger partial charge in [-0.2, -0.15) is 11.1 Å². The third-order valence-corrected chi connectivity index (χ3v) is 11.7. The second-order valence-corrected chi connectivity index (χ2v) is 21.9. The molecule has 0 radical (unpaired) electrons. The van der Waals surface area contributed by atoms with E-state index in [0.29, 0.717) is 0 Å². The van der Waals surface area contributed by atoms with E-state index in [4.69, 9.17) is 11.1 Å². The van der Waals surface area contributed by atoms with Gasteiger partial charge in [0.05, 0.1) is 0 Å². The van der Waals surface area contributed by atoms with E-state index in [1.165, 1.54) is 237 Å². The Labute approximate surface area is 274 Å². The van der Waals surface area contributed by atoms with Gasteiger partial charge in [0.15, 0.2) is 0 Å². The molecule has 2 heteroatoms. The molecule has 0 atom stereocenters. The molecular weight excluding hydrogens is 544 g/mol. The Kier molecular flexibility index (Phi) is 36.4. The SMILES string of the molecule is CCCCCCCCCCCCCCCCCCCCCCCCCCCCCCCCCCCCCC[Si](C)(C)Cl. The first-order valence-electron chi connectivity index (χ1n) is 20.2. The van der Waals surface area contributed by atoms with Crippen LogP contribution in [0.25, 0.3) is 0 Å². The summed E-state index contributed by atoms with van der Waals surface area (Å²) in [5.74, 6) is 0. The van der Waals surface area contributed by atoms with E-state index in [0.717, 1.165) is 0 Å². The van der Waals surface area contributed by atoms with Crippen molar-refractivity contribution in [3.05, 3.63) is 0 Å². The average Bonchev–Trinajstić information content (AvgIpc) is 2.96. The maximum atomic E-state index is 6.40. The predicted molar refractivity (Wildman–Crippen MR) is 200 cm³/mol. The van der Waals surface area contributed by atoms with E-state index in [1.54, 1.807) is 0 Å². The largest absolute Gasteiger partial charge is 0.168 e. The number of hydrogen-bond acceptors (Lipinski definition) is 0. The monoisotopic (exact) mass is 627 g/mol. The fourth-order valence-electron chi connectivity index (χ4n) is 6.63. The summed E-state index contributed by atoms with van der Waals surface area (Å²) in [6.07, 6.45) is 53.1. The third-order valence-electron chi connectivity index (χ3n) is 9.62. The van der Waals surface area contributed by atoms with Gasteiger partial charge in [-0.15, -0.1) is 0 Å². The molecule has 0 bridgehead atoms. The molecule has 0 saturated carbocycles. The van der Waals surface area contributed by atoms with E-state index in [1.807, 2.05) is 0 Å². The first-order valence-corrected chi connectivity index (χ1v) is 24.5. The Balaban J connectivity index is 3.04. The molecule has 0 aromatic heterocycles. The van der Waals surface area contributed by atoms with Crippen molar-refractivity contribution in [3.63, 3.8) is 0 Å². The van der Waals surface area contributed by atoms with Crippen LogP contribution in [-0.2, 0) is 0 Å². The molecule has 0 spiro atoms. The van der Waals surface area contributed by atoms with Crippen LogP contribution in [0.2, 0.25) is 19.1 Å². The minimum Gasteiger partial charge on any atom is -0.168 e. The number of hydrogen-bond donors (Lipinski definition) is 0. The minimum absolute atomic E-state index is 1.30. The Hall–Kier alpha value is 0.507. The lowest BCUT2D eigenvalue weighted by Crippen LogP contribution is -2.14. The molecule has 0 aliphatic carbocycles. The maximum absolute atomic E-state index is 6.40. The summed E-state index contributed by atoms with van der Waals surface area (Å²) in [5.41, 5.74) is 0. The summed E-state index contributed by atoms with van der Waals surface area (Å²) in [5, 5.41) is 0. The van der Waals surface area contributed by atoms with Crippen molar-refractivity contribution >= 4 is 18.5 Å². The van der Waals surface area contributed by atoms with E-state index >= 15 is 0 Å². The van der Waals surface area contributed by atoms with Crippen LogP contribution in [0.4, 0.5) is 0 Å². The highest BCUT2D eigenvalue weighted by Gasteiger charge is 2.15. The first kappa shape index (κ1) is 42.5. The summed E-state index contributed by atoms with van der Waals surface area (Å²) in [4.78, 5) is 0. The van der Waals surface area contributed by atoms with Crippen molar-refractivity contribution in [2.45, 2.75) is 257 Å². The van der Waals surface area contributed by atoms with Crippen LogP contribution in [0.1, 0.15) is 238 Å². The lowest BCUT2D eigenvalue weighted by molar-refractivity contribution is 0.510. The molecule has 0 fully saturated rings. The quantitative estimate of drug-likeness (QED) is 0.0365. The summed E-state index contributed by atoms with van der Waals surface area (Å²) >= 11 is 6.40. The summed E-state index contributed by atoms with van der Waals surface area (Å²) in [6.45, 7) is 6.86. The molecule has 0 saturated heterocycles. The van der Waals surface area contributed by atoms with E-state index in [2.05, 4.69) is 20.0 Å². The van der Waals surface area contributed by atoms with Crippen molar-refractivity contribution in [1.82, 2.24) is 0 Å². The molecule has 0 aromatic carbocycles. The van der Waals surface area contributed by atoms with Crippen LogP contribution in [0.5, 0.6) is 0 Å². The summed E-state index contributed by atoms with van der Waals surface area (Å²) < 4.78 is 0. The van der Waals surface area contributed by atoms with Gasteiger partial charge in [0, 0.05) is 0 Å². The first-order chi connectivity index (χ1) is 20.6. The molecule has 0 nitrogen and oxygen atoms in total. The summed E-state index contributed by atoms with van der Waals surface area (Å²) in [6, 6.07) is 1.30. The lowest BCUT2D eigenvalue weighted by Gasteiger charge is -2.11. The van der Waals surface area contributed by atoms with Gasteiger partial charge in [0.2, 0.25) is 0 Å². The zero-order valence-corrected chi connectivity index (χ0v) is 31.8. The van der Waals surface area contributed by atoms with Gasteiger partial charge in [-0.1, -0.05) is 251 Å². The highest BCUT2D eigenvalue weighted by atomic mass is 35.6. The van der Waals surface area contributed by atoms with Crippen LogP contribution >= 0.6 is 11.1 Å². The van der Waals surface area contributed by atoms with Crippen LogP contribution in [0.15, 0.2) is 0 Å².